The zero-order chi connectivity index (χ0) is 33.1. The Morgan fingerprint density at radius 3 is 2.20 bits per heavy atom. The first-order valence-corrected chi connectivity index (χ1v) is 14.7. The molecule has 2 unspecified atom stereocenters. The molecule has 238 valence electrons. The predicted molar refractivity (Wildman–Crippen MR) is 168 cm³/mol. The second kappa shape index (κ2) is 15.8. The lowest BCUT2D eigenvalue weighted by atomic mass is 9.89. The van der Waals surface area contributed by atoms with Crippen LogP contribution in [0.15, 0.2) is 48.5 Å². The van der Waals surface area contributed by atoms with Gasteiger partial charge in [0.1, 0.15) is 23.4 Å². The summed E-state index contributed by atoms with van der Waals surface area (Å²) in [6.07, 6.45) is 5.47. The average molecular weight is 608 g/mol. The molecule has 10 nitrogen and oxygen atoms in total. The van der Waals surface area contributed by atoms with Gasteiger partial charge in [-0.15, -0.1) is 6.42 Å². The Balaban J connectivity index is 2.66. The van der Waals surface area contributed by atoms with E-state index in [1.807, 2.05) is 20.8 Å². The van der Waals surface area contributed by atoms with Crippen LogP contribution in [0.3, 0.4) is 0 Å². The number of phenolic OH excluding ortho intramolecular Hbond substituents is 1. The van der Waals surface area contributed by atoms with E-state index < -0.39 is 47.1 Å². The number of rotatable bonds is 13. The van der Waals surface area contributed by atoms with Crippen molar-refractivity contribution in [2.75, 3.05) is 13.2 Å². The van der Waals surface area contributed by atoms with Gasteiger partial charge in [-0.05, 0) is 77.3 Å². The molecule has 0 fully saturated rings. The first-order valence-electron chi connectivity index (χ1n) is 14.7. The summed E-state index contributed by atoms with van der Waals surface area (Å²) in [4.78, 5) is 55.1. The topological polar surface area (TPSA) is 134 Å². The van der Waals surface area contributed by atoms with Crippen LogP contribution in [0.25, 0.3) is 0 Å². The van der Waals surface area contributed by atoms with E-state index in [1.165, 1.54) is 17.0 Å². The van der Waals surface area contributed by atoms with Crippen LogP contribution in [0.2, 0.25) is 0 Å². The quantitative estimate of drug-likeness (QED) is 0.223. The van der Waals surface area contributed by atoms with Crippen LogP contribution in [0.5, 0.6) is 5.75 Å². The van der Waals surface area contributed by atoms with Gasteiger partial charge < -0.3 is 30.1 Å². The molecule has 2 aromatic rings. The SMILES string of the molecule is C#Cc1ccccc1C(C(=O)NCCC(=O)OCC)N(C(=O)C(Cc1ccc(O)cc1)NC(=O)OC(C)(C)C)C(C)(C)CC. The van der Waals surface area contributed by atoms with Gasteiger partial charge in [-0.25, -0.2) is 4.79 Å². The molecule has 0 aromatic heterocycles. The first-order chi connectivity index (χ1) is 20.6. The molecule has 2 aromatic carbocycles. The van der Waals surface area contributed by atoms with E-state index in [1.54, 1.807) is 64.1 Å². The van der Waals surface area contributed by atoms with Crippen molar-refractivity contribution in [1.82, 2.24) is 15.5 Å². The van der Waals surface area contributed by atoms with Gasteiger partial charge >= 0.3 is 12.1 Å². The molecule has 3 amide bonds. The van der Waals surface area contributed by atoms with Gasteiger partial charge in [-0.3, -0.25) is 14.4 Å². The van der Waals surface area contributed by atoms with Gasteiger partial charge in [0, 0.05) is 24.1 Å². The van der Waals surface area contributed by atoms with Gasteiger partial charge in [-0.2, -0.15) is 0 Å². The summed E-state index contributed by atoms with van der Waals surface area (Å²) in [5.74, 6) is 1.10. The van der Waals surface area contributed by atoms with Crippen LogP contribution in [-0.4, -0.2) is 64.2 Å². The molecule has 0 bridgehead atoms. The average Bonchev–Trinajstić information content (AvgIpc) is 2.95. The molecule has 0 heterocycles. The molecule has 0 saturated carbocycles. The van der Waals surface area contributed by atoms with E-state index >= 15 is 0 Å². The Labute approximate surface area is 260 Å². The Morgan fingerprint density at radius 1 is 1.00 bits per heavy atom. The number of carbonyl (C=O) groups is 4. The molecule has 0 radical (unpaired) electrons. The van der Waals surface area contributed by atoms with Crippen LogP contribution >= 0.6 is 0 Å². The maximum atomic E-state index is 14.7. The summed E-state index contributed by atoms with van der Waals surface area (Å²) in [5, 5.41) is 15.3. The van der Waals surface area contributed by atoms with Crippen molar-refractivity contribution in [1.29, 1.82) is 0 Å². The van der Waals surface area contributed by atoms with Gasteiger partial charge in [0.05, 0.1) is 13.0 Å². The number of nitrogens with zero attached hydrogens (tertiary/aromatic N) is 1. The molecule has 0 saturated heterocycles. The number of phenols is 1. The number of ether oxygens (including phenoxy) is 2. The van der Waals surface area contributed by atoms with E-state index in [0.717, 1.165) is 0 Å². The van der Waals surface area contributed by atoms with Crippen LogP contribution in [0, 0.1) is 12.3 Å². The Kier molecular flexibility index (Phi) is 12.8. The van der Waals surface area contributed by atoms with Gasteiger partial charge in [0.25, 0.3) is 0 Å². The number of aromatic hydroxyl groups is 1. The Hall–Kier alpha value is -4.52. The normalized spacial score (nSPS) is 12.7. The van der Waals surface area contributed by atoms with Crippen molar-refractivity contribution >= 4 is 23.9 Å². The first kappa shape index (κ1) is 35.7. The molecule has 2 atom stereocenters. The third-order valence-corrected chi connectivity index (χ3v) is 6.97. The summed E-state index contributed by atoms with van der Waals surface area (Å²) in [6, 6.07) is 10.7. The number of hydrogen-bond acceptors (Lipinski definition) is 7. The zero-order valence-electron chi connectivity index (χ0n) is 26.7. The van der Waals surface area contributed by atoms with E-state index in [2.05, 4.69) is 16.6 Å². The van der Waals surface area contributed by atoms with Crippen molar-refractivity contribution in [2.24, 2.45) is 0 Å². The number of hydrogen-bond donors (Lipinski definition) is 3. The Morgan fingerprint density at radius 2 is 1.64 bits per heavy atom. The lowest BCUT2D eigenvalue weighted by Crippen LogP contribution is -2.60. The van der Waals surface area contributed by atoms with Crippen molar-refractivity contribution in [3.05, 3.63) is 65.2 Å². The van der Waals surface area contributed by atoms with Gasteiger partial charge in [0.15, 0.2) is 0 Å². The lowest BCUT2D eigenvalue weighted by molar-refractivity contribution is -0.149. The second-order valence-corrected chi connectivity index (χ2v) is 11.9. The maximum Gasteiger partial charge on any atom is 0.408 e. The number of amides is 3. The third kappa shape index (κ3) is 10.3. The molecule has 0 aliphatic heterocycles. The van der Waals surface area contributed by atoms with Crippen LogP contribution in [-0.2, 0) is 30.3 Å². The minimum absolute atomic E-state index is 0.0198. The Bertz CT molecular complexity index is 1340. The highest BCUT2D eigenvalue weighted by Crippen LogP contribution is 2.34. The summed E-state index contributed by atoms with van der Waals surface area (Å²) in [6.45, 7) is 12.6. The summed E-state index contributed by atoms with van der Waals surface area (Å²) >= 11 is 0. The number of benzene rings is 2. The van der Waals surface area contributed by atoms with E-state index in [-0.39, 0.29) is 31.7 Å². The van der Waals surface area contributed by atoms with Crippen LogP contribution in [0.4, 0.5) is 4.79 Å². The number of alkyl carbamates (subject to hydrolysis) is 1. The molecule has 44 heavy (non-hydrogen) atoms. The fraction of sp³-hybridized carbons (Fsp3) is 0.471. The molecule has 10 heteroatoms. The molecule has 0 aliphatic carbocycles. The molecular formula is C34H45N3O7. The predicted octanol–water partition coefficient (Wildman–Crippen LogP) is 4.64. The van der Waals surface area contributed by atoms with Crippen LogP contribution < -0.4 is 10.6 Å². The number of carbonyl (C=O) groups excluding carboxylic acids is 4. The zero-order valence-corrected chi connectivity index (χ0v) is 26.7. The second-order valence-electron chi connectivity index (χ2n) is 11.9. The van der Waals surface area contributed by atoms with E-state index in [9.17, 15) is 24.3 Å². The summed E-state index contributed by atoms with van der Waals surface area (Å²) in [5.41, 5.74) is -0.251. The smallest absolute Gasteiger partial charge is 0.408 e. The fourth-order valence-corrected chi connectivity index (χ4v) is 4.51. The highest BCUT2D eigenvalue weighted by Gasteiger charge is 2.43. The molecule has 2 rings (SSSR count). The van der Waals surface area contributed by atoms with E-state index in [0.29, 0.717) is 23.1 Å². The number of nitrogens with one attached hydrogen (secondary N) is 2. The number of terminal acetylenes is 1. The van der Waals surface area contributed by atoms with Crippen molar-refractivity contribution in [3.8, 4) is 18.1 Å². The minimum atomic E-state index is -1.21. The van der Waals surface area contributed by atoms with Crippen LogP contribution in [0.1, 0.15) is 84.0 Å². The third-order valence-electron chi connectivity index (χ3n) is 6.97. The van der Waals surface area contributed by atoms with E-state index in [4.69, 9.17) is 15.9 Å². The minimum Gasteiger partial charge on any atom is -0.508 e. The largest absolute Gasteiger partial charge is 0.508 e. The standard InChI is InChI=1S/C34H45N3O7/c1-9-24-14-12-13-15-26(24)29(30(40)35-21-20-28(39)43-11-3)37(34(7,8)10-2)31(41)27(36-32(42)44-33(4,5)6)22-23-16-18-25(38)19-17-23/h1,12-19,27,29,38H,10-11,20-22H2,2-8H3,(H,35,40)(H,36,42). The monoisotopic (exact) mass is 607 g/mol. The van der Waals surface area contributed by atoms with Gasteiger partial charge in [0.2, 0.25) is 11.8 Å². The molecule has 0 spiro atoms. The van der Waals surface area contributed by atoms with Crippen molar-refractivity contribution in [2.45, 2.75) is 91.0 Å². The lowest BCUT2D eigenvalue weighted by Gasteiger charge is -2.45. The number of esters is 1. The van der Waals surface area contributed by atoms with Crippen molar-refractivity contribution in [3.63, 3.8) is 0 Å². The summed E-state index contributed by atoms with van der Waals surface area (Å²) < 4.78 is 10.5. The molecular weight excluding hydrogens is 562 g/mol. The highest BCUT2D eigenvalue weighted by molar-refractivity contribution is 5.93. The fourth-order valence-electron chi connectivity index (χ4n) is 4.51. The van der Waals surface area contributed by atoms with Gasteiger partial charge in [-0.1, -0.05) is 43.2 Å². The highest BCUT2D eigenvalue weighted by atomic mass is 16.6. The molecule has 0 aliphatic rings. The maximum absolute atomic E-state index is 14.7. The van der Waals surface area contributed by atoms with Crippen molar-refractivity contribution < 1.29 is 33.8 Å². The molecule has 3 N–H and O–H groups in total. The summed E-state index contributed by atoms with van der Waals surface area (Å²) in [7, 11) is 0.